The normalized spacial score (nSPS) is 19.5. The highest BCUT2D eigenvalue weighted by Crippen LogP contribution is 2.25. The molecule has 1 unspecified atom stereocenters. The maximum absolute atomic E-state index is 7.45. The number of nitrogen functional groups attached to an aromatic ring is 1. The van der Waals surface area contributed by atoms with Crippen LogP contribution in [0.2, 0.25) is 0 Å². The van der Waals surface area contributed by atoms with Crippen LogP contribution in [-0.2, 0) is 0 Å². The van der Waals surface area contributed by atoms with Crippen LogP contribution in [0.1, 0.15) is 18.5 Å². The molecule has 1 aliphatic rings. The Morgan fingerprint density at radius 1 is 1.61 bits per heavy atom. The number of hydrogen-bond acceptors (Lipinski definition) is 4. The molecule has 1 fully saturated rings. The van der Waals surface area contributed by atoms with E-state index in [9.17, 15) is 0 Å². The number of nitrogens with one attached hydrogen (secondary N) is 1. The molecule has 5 heteroatoms. The van der Waals surface area contributed by atoms with E-state index in [1.165, 1.54) is 12.8 Å². The van der Waals surface area contributed by atoms with E-state index >= 15 is 0 Å². The van der Waals surface area contributed by atoms with Crippen molar-refractivity contribution >= 4 is 11.5 Å². The molecule has 1 aromatic rings. The van der Waals surface area contributed by atoms with Crippen LogP contribution in [0, 0.1) is 5.41 Å². The Morgan fingerprint density at radius 3 is 3.06 bits per heavy atom. The summed E-state index contributed by atoms with van der Waals surface area (Å²) in [6.07, 6.45) is 4.17. The van der Waals surface area contributed by atoms with Gasteiger partial charge in [0, 0.05) is 31.0 Å². The van der Waals surface area contributed by atoms with Gasteiger partial charge in [0.25, 0.3) is 0 Å². The summed E-state index contributed by atoms with van der Waals surface area (Å²) in [4.78, 5) is 8.72. The number of pyridine rings is 1. The van der Waals surface area contributed by atoms with Crippen LogP contribution in [-0.4, -0.2) is 48.9 Å². The lowest BCUT2D eigenvalue weighted by atomic mass is 10.2. The quantitative estimate of drug-likeness (QED) is 0.612. The Balaban J connectivity index is 2.19. The Kier molecular flexibility index (Phi) is 3.81. The minimum Gasteiger partial charge on any atom is -0.382 e. The highest BCUT2D eigenvalue weighted by molar-refractivity contribution is 5.93. The largest absolute Gasteiger partial charge is 0.382 e. The molecule has 1 aliphatic heterocycles. The summed E-state index contributed by atoms with van der Waals surface area (Å²) < 4.78 is 0. The molecule has 2 heterocycles. The van der Waals surface area contributed by atoms with Gasteiger partial charge in [0.15, 0.2) is 0 Å². The number of nitrogens with two attached hydrogens (primary N) is 1. The van der Waals surface area contributed by atoms with Crippen molar-refractivity contribution < 1.29 is 0 Å². The number of hydrogen-bond donors (Lipinski definition) is 2. The number of anilines is 1. The highest BCUT2D eigenvalue weighted by Gasteiger charge is 2.25. The van der Waals surface area contributed by atoms with Crippen molar-refractivity contribution in [1.82, 2.24) is 9.88 Å². The van der Waals surface area contributed by atoms with Gasteiger partial charge in [-0.05, 0) is 39.1 Å². The van der Waals surface area contributed by atoms with E-state index in [1.807, 2.05) is 12.1 Å². The molecule has 0 amide bonds. The van der Waals surface area contributed by atoms with E-state index in [-0.39, 0.29) is 5.84 Å². The van der Waals surface area contributed by atoms with Gasteiger partial charge in [-0.2, -0.15) is 0 Å². The van der Waals surface area contributed by atoms with Crippen LogP contribution in [0.5, 0.6) is 0 Å². The molecule has 1 saturated heterocycles. The van der Waals surface area contributed by atoms with Gasteiger partial charge in [-0.3, -0.25) is 10.4 Å². The van der Waals surface area contributed by atoms with E-state index in [2.05, 4.69) is 28.9 Å². The number of rotatable bonds is 4. The molecule has 0 bridgehead atoms. The molecular weight excluding hydrogens is 226 g/mol. The summed E-state index contributed by atoms with van der Waals surface area (Å²) in [6.45, 7) is 2.12. The summed E-state index contributed by atoms with van der Waals surface area (Å²) in [5, 5.41) is 7.45. The molecule has 0 saturated carbocycles. The Morgan fingerprint density at radius 2 is 2.39 bits per heavy atom. The monoisotopic (exact) mass is 247 g/mol. The lowest BCUT2D eigenvalue weighted by Crippen LogP contribution is -2.37. The topological polar surface area (TPSA) is 69.2 Å². The SMILES string of the molecule is CN(C)CC1CCCN1c1ccnc(C(=N)N)c1. The summed E-state index contributed by atoms with van der Waals surface area (Å²) in [7, 11) is 4.20. The standard InChI is InChI=1S/C13H21N5/c1-17(2)9-11-4-3-7-18(11)10-5-6-16-12(8-10)13(14)15/h5-6,8,11H,3-4,7,9H2,1-2H3,(H3,14,15). The van der Waals surface area contributed by atoms with Gasteiger partial charge in [0.1, 0.15) is 11.5 Å². The molecule has 0 aliphatic carbocycles. The molecular formula is C13H21N5. The third-order valence-corrected chi connectivity index (χ3v) is 3.30. The lowest BCUT2D eigenvalue weighted by molar-refractivity contribution is 0.372. The van der Waals surface area contributed by atoms with Gasteiger partial charge < -0.3 is 15.5 Å². The summed E-state index contributed by atoms with van der Waals surface area (Å²) in [5.41, 5.74) is 7.17. The number of aromatic nitrogens is 1. The first-order valence-electron chi connectivity index (χ1n) is 6.30. The van der Waals surface area contributed by atoms with E-state index < -0.39 is 0 Å². The van der Waals surface area contributed by atoms with Crippen molar-refractivity contribution in [3.63, 3.8) is 0 Å². The summed E-state index contributed by atoms with van der Waals surface area (Å²) in [5.74, 6) is 0.0280. The minimum atomic E-state index is 0.0280. The second kappa shape index (κ2) is 5.35. The van der Waals surface area contributed by atoms with Crippen molar-refractivity contribution in [2.75, 3.05) is 32.1 Å². The second-order valence-electron chi connectivity index (χ2n) is 5.06. The maximum atomic E-state index is 7.45. The average molecular weight is 247 g/mol. The smallest absolute Gasteiger partial charge is 0.141 e. The predicted octanol–water partition coefficient (Wildman–Crippen LogP) is 0.896. The Bertz CT molecular complexity index is 429. The van der Waals surface area contributed by atoms with Crippen LogP contribution < -0.4 is 10.6 Å². The zero-order chi connectivity index (χ0) is 13.1. The molecule has 2 rings (SSSR count). The molecule has 1 atom stereocenters. The average Bonchev–Trinajstić information content (AvgIpc) is 2.76. The van der Waals surface area contributed by atoms with Crippen molar-refractivity contribution in [2.45, 2.75) is 18.9 Å². The van der Waals surface area contributed by atoms with Crippen LogP contribution in [0.4, 0.5) is 5.69 Å². The van der Waals surface area contributed by atoms with Crippen LogP contribution in [0.3, 0.4) is 0 Å². The Hall–Kier alpha value is -1.62. The van der Waals surface area contributed by atoms with Gasteiger partial charge in [-0.15, -0.1) is 0 Å². The first kappa shape index (κ1) is 12.8. The third kappa shape index (κ3) is 2.79. The Labute approximate surface area is 108 Å². The van der Waals surface area contributed by atoms with Crippen LogP contribution >= 0.6 is 0 Å². The number of likely N-dealkylation sites (N-methyl/N-ethyl adjacent to an activating group) is 1. The van der Waals surface area contributed by atoms with Gasteiger partial charge in [-0.25, -0.2) is 0 Å². The number of nitrogens with zero attached hydrogens (tertiary/aromatic N) is 3. The van der Waals surface area contributed by atoms with E-state index in [0.29, 0.717) is 11.7 Å². The molecule has 0 aromatic carbocycles. The fourth-order valence-electron chi connectivity index (χ4n) is 2.53. The lowest BCUT2D eigenvalue weighted by Gasteiger charge is -2.29. The van der Waals surface area contributed by atoms with Crippen molar-refractivity contribution in [3.8, 4) is 0 Å². The molecule has 5 nitrogen and oxygen atoms in total. The minimum absolute atomic E-state index is 0.0280. The summed E-state index contributed by atoms with van der Waals surface area (Å²) >= 11 is 0. The van der Waals surface area contributed by atoms with Crippen molar-refractivity contribution in [1.29, 1.82) is 5.41 Å². The molecule has 0 spiro atoms. The van der Waals surface area contributed by atoms with E-state index in [4.69, 9.17) is 11.1 Å². The van der Waals surface area contributed by atoms with Gasteiger partial charge >= 0.3 is 0 Å². The van der Waals surface area contributed by atoms with Gasteiger partial charge in [0.05, 0.1) is 0 Å². The maximum Gasteiger partial charge on any atom is 0.141 e. The zero-order valence-corrected chi connectivity index (χ0v) is 11.1. The second-order valence-corrected chi connectivity index (χ2v) is 5.06. The molecule has 1 aromatic heterocycles. The fourth-order valence-corrected chi connectivity index (χ4v) is 2.53. The van der Waals surface area contributed by atoms with Crippen LogP contribution in [0.15, 0.2) is 18.3 Å². The molecule has 98 valence electrons. The van der Waals surface area contributed by atoms with Crippen LogP contribution in [0.25, 0.3) is 0 Å². The molecule has 0 radical (unpaired) electrons. The first-order valence-corrected chi connectivity index (χ1v) is 6.30. The predicted molar refractivity (Wildman–Crippen MR) is 74.2 cm³/mol. The molecule has 18 heavy (non-hydrogen) atoms. The van der Waals surface area contributed by atoms with Crippen molar-refractivity contribution in [3.05, 3.63) is 24.0 Å². The fraction of sp³-hybridized carbons (Fsp3) is 0.538. The van der Waals surface area contributed by atoms with Gasteiger partial charge in [-0.1, -0.05) is 0 Å². The van der Waals surface area contributed by atoms with Crippen molar-refractivity contribution in [2.24, 2.45) is 5.73 Å². The first-order chi connectivity index (χ1) is 8.58. The highest BCUT2D eigenvalue weighted by atomic mass is 15.2. The number of amidine groups is 1. The summed E-state index contributed by atoms with van der Waals surface area (Å²) in [6, 6.07) is 4.46. The molecule has 3 N–H and O–H groups in total. The van der Waals surface area contributed by atoms with E-state index in [0.717, 1.165) is 18.8 Å². The van der Waals surface area contributed by atoms with E-state index in [1.54, 1.807) is 6.20 Å². The zero-order valence-electron chi connectivity index (χ0n) is 11.1. The van der Waals surface area contributed by atoms with Gasteiger partial charge in [0.2, 0.25) is 0 Å². The third-order valence-electron chi connectivity index (χ3n) is 3.30.